The largest absolute Gasteiger partial charge is 0.347 e. The highest BCUT2D eigenvalue weighted by atomic mass is 32.1. The van der Waals surface area contributed by atoms with E-state index in [0.717, 1.165) is 52.7 Å². The van der Waals surface area contributed by atoms with E-state index in [4.69, 9.17) is 0 Å². The van der Waals surface area contributed by atoms with Crippen LogP contribution in [0.2, 0.25) is 0 Å². The number of nitrogens with one attached hydrogen (secondary N) is 1. The molecule has 0 aliphatic carbocycles. The van der Waals surface area contributed by atoms with Gasteiger partial charge in [-0.15, -0.1) is 10.2 Å². The van der Waals surface area contributed by atoms with E-state index in [1.54, 1.807) is 18.6 Å². The van der Waals surface area contributed by atoms with Crippen molar-refractivity contribution in [3.05, 3.63) is 41.2 Å². The predicted octanol–water partition coefficient (Wildman–Crippen LogP) is 2.82. The number of rotatable bonds is 4. The van der Waals surface area contributed by atoms with Crippen molar-refractivity contribution < 1.29 is 0 Å². The van der Waals surface area contributed by atoms with E-state index in [2.05, 4.69) is 40.3 Å². The number of hydrogen-bond donors (Lipinski definition) is 1. The summed E-state index contributed by atoms with van der Waals surface area (Å²) in [6.07, 6.45) is 7.35. The topological polar surface area (TPSA) is 92.6 Å². The molecule has 0 amide bonds. The van der Waals surface area contributed by atoms with Gasteiger partial charge in [-0.25, -0.2) is 15.0 Å². The minimum absolute atomic E-state index is 0.176. The van der Waals surface area contributed by atoms with E-state index < -0.39 is 0 Å². The van der Waals surface area contributed by atoms with Crippen LogP contribution in [0.15, 0.2) is 24.7 Å². The molecule has 3 aromatic rings. The van der Waals surface area contributed by atoms with Crippen LogP contribution in [-0.4, -0.2) is 36.7 Å². The van der Waals surface area contributed by atoms with Gasteiger partial charge in [0.1, 0.15) is 22.5 Å². The second-order valence-electron chi connectivity index (χ2n) is 5.89. The Bertz CT molecular complexity index is 866. The zero-order valence-corrected chi connectivity index (χ0v) is 14.9. The van der Waals surface area contributed by atoms with Crippen LogP contribution in [0.4, 0.5) is 16.8 Å². The third-order valence-electron chi connectivity index (χ3n) is 4.06. The first-order chi connectivity index (χ1) is 12.2. The van der Waals surface area contributed by atoms with Gasteiger partial charge in [0.05, 0.1) is 17.9 Å². The lowest BCUT2D eigenvalue weighted by molar-refractivity contribution is 0.680. The molecule has 0 spiro atoms. The average molecular weight is 354 g/mol. The molecular weight excluding hydrogens is 336 g/mol. The summed E-state index contributed by atoms with van der Waals surface area (Å²) in [7, 11) is 0. The Morgan fingerprint density at radius 3 is 2.88 bits per heavy atom. The molecule has 4 rings (SSSR count). The second kappa shape index (κ2) is 6.67. The quantitative estimate of drug-likeness (QED) is 0.764. The highest BCUT2D eigenvalue weighted by Crippen LogP contribution is 2.34. The number of nitrogens with zero attached hydrogens (tertiary/aromatic N) is 7. The van der Waals surface area contributed by atoms with Gasteiger partial charge in [0.2, 0.25) is 5.13 Å². The summed E-state index contributed by atoms with van der Waals surface area (Å²) in [5.41, 5.74) is 0.986. The molecule has 1 N–H and O–H groups in total. The first-order valence-corrected chi connectivity index (χ1v) is 8.96. The van der Waals surface area contributed by atoms with E-state index in [1.165, 1.54) is 11.3 Å². The molecule has 1 unspecified atom stereocenters. The van der Waals surface area contributed by atoms with Crippen LogP contribution in [0.5, 0.6) is 0 Å². The first-order valence-electron chi connectivity index (χ1n) is 8.14. The zero-order chi connectivity index (χ0) is 17.2. The Kier molecular flexibility index (Phi) is 4.22. The molecule has 1 aliphatic heterocycles. The molecule has 0 saturated carbocycles. The molecule has 128 valence electrons. The van der Waals surface area contributed by atoms with Crippen molar-refractivity contribution in [2.45, 2.75) is 32.7 Å². The molecule has 8 nitrogen and oxygen atoms in total. The van der Waals surface area contributed by atoms with Crippen molar-refractivity contribution >= 4 is 28.1 Å². The lowest BCUT2D eigenvalue weighted by Gasteiger charge is -2.25. The standard InChI is InChI=1S/C16H18N8S/c1-10-19-12(8-14(20-10)21-16-23-22-11(2)25-16)13-4-3-7-24(13)15-9-17-5-6-18-15/h5-6,8-9,13H,3-4,7H2,1-2H3,(H,19,20,21,23). The molecule has 1 aliphatic rings. The molecular formula is C16H18N8S. The summed E-state index contributed by atoms with van der Waals surface area (Å²) < 4.78 is 0. The molecule has 0 radical (unpaired) electrons. The lowest BCUT2D eigenvalue weighted by Crippen LogP contribution is -2.24. The van der Waals surface area contributed by atoms with E-state index >= 15 is 0 Å². The van der Waals surface area contributed by atoms with Crippen LogP contribution in [0, 0.1) is 13.8 Å². The molecule has 25 heavy (non-hydrogen) atoms. The fraction of sp³-hybridized carbons (Fsp3) is 0.375. The first kappa shape index (κ1) is 15.8. The van der Waals surface area contributed by atoms with Gasteiger partial charge in [-0.1, -0.05) is 11.3 Å². The summed E-state index contributed by atoms with van der Waals surface area (Å²) in [4.78, 5) is 20.0. The van der Waals surface area contributed by atoms with Gasteiger partial charge in [-0.3, -0.25) is 4.98 Å². The second-order valence-corrected chi connectivity index (χ2v) is 7.07. The van der Waals surface area contributed by atoms with Crippen LogP contribution < -0.4 is 10.2 Å². The van der Waals surface area contributed by atoms with Gasteiger partial charge in [0.25, 0.3) is 0 Å². The van der Waals surface area contributed by atoms with Gasteiger partial charge in [0, 0.05) is 25.0 Å². The molecule has 9 heteroatoms. The fourth-order valence-electron chi connectivity index (χ4n) is 3.07. The Balaban J connectivity index is 1.63. The summed E-state index contributed by atoms with van der Waals surface area (Å²) in [6.45, 7) is 4.78. The lowest BCUT2D eigenvalue weighted by atomic mass is 10.1. The highest BCUT2D eigenvalue weighted by Gasteiger charge is 2.29. The molecule has 4 heterocycles. The summed E-state index contributed by atoms with van der Waals surface area (Å²) in [5, 5.41) is 13.0. The minimum atomic E-state index is 0.176. The van der Waals surface area contributed by atoms with Gasteiger partial charge in [0.15, 0.2) is 0 Å². The van der Waals surface area contributed by atoms with Gasteiger partial charge >= 0.3 is 0 Å². The van der Waals surface area contributed by atoms with Crippen molar-refractivity contribution in [3.8, 4) is 0 Å². The van der Waals surface area contributed by atoms with E-state index in [0.29, 0.717) is 0 Å². The maximum Gasteiger partial charge on any atom is 0.211 e. The number of aryl methyl sites for hydroxylation is 2. The minimum Gasteiger partial charge on any atom is -0.347 e. The molecule has 3 aromatic heterocycles. The van der Waals surface area contributed by atoms with Crippen molar-refractivity contribution in [3.63, 3.8) is 0 Å². The fourth-order valence-corrected chi connectivity index (χ4v) is 3.67. The maximum atomic E-state index is 4.66. The number of hydrogen-bond acceptors (Lipinski definition) is 9. The molecule has 0 aromatic carbocycles. The van der Waals surface area contributed by atoms with E-state index in [1.807, 2.05) is 19.9 Å². The average Bonchev–Trinajstić information content (AvgIpc) is 3.24. The Morgan fingerprint density at radius 2 is 2.12 bits per heavy atom. The van der Waals surface area contributed by atoms with Crippen molar-refractivity contribution in [1.82, 2.24) is 30.1 Å². The number of aromatic nitrogens is 6. The third-order valence-corrected chi connectivity index (χ3v) is 4.81. The smallest absolute Gasteiger partial charge is 0.211 e. The van der Waals surface area contributed by atoms with Crippen LogP contribution in [0.3, 0.4) is 0 Å². The van der Waals surface area contributed by atoms with Crippen LogP contribution in [0.1, 0.15) is 35.4 Å². The Morgan fingerprint density at radius 1 is 1.20 bits per heavy atom. The van der Waals surface area contributed by atoms with Gasteiger partial charge < -0.3 is 10.2 Å². The summed E-state index contributed by atoms with van der Waals surface area (Å²) in [5.74, 6) is 2.35. The maximum absolute atomic E-state index is 4.66. The predicted molar refractivity (Wildman–Crippen MR) is 96.1 cm³/mol. The summed E-state index contributed by atoms with van der Waals surface area (Å²) in [6, 6.07) is 2.17. The van der Waals surface area contributed by atoms with Crippen molar-refractivity contribution in [2.24, 2.45) is 0 Å². The van der Waals surface area contributed by atoms with Gasteiger partial charge in [-0.2, -0.15) is 0 Å². The highest BCUT2D eigenvalue weighted by molar-refractivity contribution is 7.15. The monoisotopic (exact) mass is 354 g/mol. The number of anilines is 3. The van der Waals surface area contributed by atoms with Crippen LogP contribution in [-0.2, 0) is 0 Å². The SMILES string of the molecule is Cc1nc(Nc2nnc(C)s2)cc(C2CCCN2c2cnccn2)n1. The van der Waals surface area contributed by atoms with Crippen molar-refractivity contribution in [1.29, 1.82) is 0 Å². The van der Waals surface area contributed by atoms with Crippen LogP contribution in [0.25, 0.3) is 0 Å². The molecule has 1 saturated heterocycles. The zero-order valence-electron chi connectivity index (χ0n) is 14.0. The summed E-state index contributed by atoms with van der Waals surface area (Å²) >= 11 is 1.50. The van der Waals surface area contributed by atoms with Crippen molar-refractivity contribution in [2.75, 3.05) is 16.8 Å². The van der Waals surface area contributed by atoms with E-state index in [9.17, 15) is 0 Å². The Labute approximate surface area is 149 Å². The van der Waals surface area contributed by atoms with E-state index in [-0.39, 0.29) is 6.04 Å². The van der Waals surface area contributed by atoms with Crippen LogP contribution >= 0.6 is 11.3 Å². The Hall–Kier alpha value is -2.68. The molecule has 1 atom stereocenters. The normalized spacial score (nSPS) is 17.0. The molecule has 0 bridgehead atoms. The molecule has 1 fully saturated rings. The van der Waals surface area contributed by atoms with Gasteiger partial charge in [-0.05, 0) is 26.7 Å². The third kappa shape index (κ3) is 3.41.